The molecule has 0 radical (unpaired) electrons. The second kappa shape index (κ2) is 9.64. The fraction of sp³-hybridized carbons (Fsp3) is 0.500. The highest BCUT2D eigenvalue weighted by molar-refractivity contribution is 7.46. The molecule has 0 bridgehead atoms. The predicted octanol–water partition coefficient (Wildman–Crippen LogP) is 3.84. The number of benzene rings is 2. The van der Waals surface area contributed by atoms with Crippen LogP contribution >= 0.6 is 7.82 Å². The van der Waals surface area contributed by atoms with E-state index in [4.69, 9.17) is 29.5 Å². The van der Waals surface area contributed by atoms with Crippen molar-refractivity contribution in [2.24, 2.45) is 5.73 Å². The lowest BCUT2D eigenvalue weighted by molar-refractivity contribution is 0.0318. The standard InChI is InChI=1S/C24H32NO6P/c1-29-22-4-2-3-17(11-22)15-30-23-8-7-18-12-19(5-6-20(18)13-23)21-9-10-24(25,14-21)16-31-32(26,27)28/h2-6,11-12,21,23H,7-10,13-16,25H2,1H3,(H2,26,27,28)/t21-,23+,24+/m0/s1. The van der Waals surface area contributed by atoms with Gasteiger partial charge in [0.15, 0.2) is 0 Å². The first-order valence-electron chi connectivity index (χ1n) is 11.1. The van der Waals surface area contributed by atoms with Crippen LogP contribution in [-0.4, -0.2) is 35.1 Å². The maximum absolute atomic E-state index is 11.0. The molecule has 0 saturated heterocycles. The SMILES string of the molecule is COc1cccc(CO[C@@H]2CCc3cc([C@H]4CC[C@](N)(COP(=O)(O)O)C4)ccc3C2)c1. The molecule has 4 N–H and O–H groups in total. The molecule has 0 spiro atoms. The number of ether oxygens (including phenoxy) is 2. The Morgan fingerprint density at radius 2 is 2.00 bits per heavy atom. The van der Waals surface area contributed by atoms with Gasteiger partial charge in [0.2, 0.25) is 0 Å². The molecule has 2 aromatic carbocycles. The lowest BCUT2D eigenvalue weighted by Gasteiger charge is -2.27. The number of phosphoric acid groups is 1. The van der Waals surface area contributed by atoms with Crippen molar-refractivity contribution in [3.63, 3.8) is 0 Å². The van der Waals surface area contributed by atoms with E-state index in [0.717, 1.165) is 37.0 Å². The third-order valence-electron chi connectivity index (χ3n) is 6.67. The summed E-state index contributed by atoms with van der Waals surface area (Å²) >= 11 is 0. The van der Waals surface area contributed by atoms with Crippen LogP contribution in [0.4, 0.5) is 0 Å². The lowest BCUT2D eigenvalue weighted by atomic mass is 9.85. The van der Waals surface area contributed by atoms with Crippen LogP contribution in [0, 0.1) is 0 Å². The van der Waals surface area contributed by atoms with Crippen LogP contribution in [0.25, 0.3) is 0 Å². The Kier molecular flexibility index (Phi) is 7.06. The Balaban J connectivity index is 1.34. The number of nitrogens with two attached hydrogens (primary N) is 1. The van der Waals surface area contributed by atoms with E-state index >= 15 is 0 Å². The van der Waals surface area contributed by atoms with Gasteiger partial charge in [-0.05, 0) is 78.8 Å². The van der Waals surface area contributed by atoms with Crippen molar-refractivity contribution in [1.29, 1.82) is 0 Å². The van der Waals surface area contributed by atoms with E-state index < -0.39 is 13.4 Å². The van der Waals surface area contributed by atoms with Gasteiger partial charge in [-0.3, -0.25) is 4.52 Å². The average Bonchev–Trinajstić information content (AvgIpc) is 3.18. The van der Waals surface area contributed by atoms with E-state index in [1.54, 1.807) is 7.11 Å². The van der Waals surface area contributed by atoms with Crippen LogP contribution < -0.4 is 10.5 Å². The maximum Gasteiger partial charge on any atom is 0.469 e. The van der Waals surface area contributed by atoms with Gasteiger partial charge in [0.1, 0.15) is 5.75 Å². The minimum Gasteiger partial charge on any atom is -0.497 e. The minimum atomic E-state index is -4.50. The zero-order chi connectivity index (χ0) is 22.8. The highest BCUT2D eigenvalue weighted by atomic mass is 31.2. The van der Waals surface area contributed by atoms with Crippen LogP contribution in [0.2, 0.25) is 0 Å². The molecule has 8 heteroatoms. The van der Waals surface area contributed by atoms with Gasteiger partial charge in [-0.25, -0.2) is 4.57 Å². The highest BCUT2D eigenvalue weighted by Crippen LogP contribution is 2.44. The summed E-state index contributed by atoms with van der Waals surface area (Å²) in [5.41, 5.74) is 10.7. The molecule has 7 nitrogen and oxygen atoms in total. The summed E-state index contributed by atoms with van der Waals surface area (Å²) in [6, 6.07) is 14.6. The summed E-state index contributed by atoms with van der Waals surface area (Å²) in [5, 5.41) is 0. The zero-order valence-corrected chi connectivity index (χ0v) is 19.3. The van der Waals surface area contributed by atoms with Crippen molar-refractivity contribution in [3.05, 3.63) is 64.7 Å². The molecule has 3 atom stereocenters. The van der Waals surface area contributed by atoms with Crippen molar-refractivity contribution in [1.82, 2.24) is 0 Å². The first-order chi connectivity index (χ1) is 15.2. The molecule has 0 amide bonds. The van der Waals surface area contributed by atoms with Gasteiger partial charge in [0.25, 0.3) is 0 Å². The van der Waals surface area contributed by atoms with Crippen LogP contribution in [0.5, 0.6) is 5.75 Å². The zero-order valence-electron chi connectivity index (χ0n) is 18.4. The summed E-state index contributed by atoms with van der Waals surface area (Å²) in [4.78, 5) is 17.9. The number of hydrogen-bond donors (Lipinski definition) is 3. The smallest absolute Gasteiger partial charge is 0.469 e. The van der Waals surface area contributed by atoms with Crippen LogP contribution in [-0.2, 0) is 33.3 Å². The molecule has 2 aliphatic rings. The van der Waals surface area contributed by atoms with E-state index in [-0.39, 0.29) is 18.6 Å². The number of hydrogen-bond acceptors (Lipinski definition) is 5. The molecule has 0 heterocycles. The first kappa shape index (κ1) is 23.4. The Morgan fingerprint density at radius 3 is 2.78 bits per heavy atom. The molecule has 4 rings (SSSR count). The van der Waals surface area contributed by atoms with Crippen molar-refractivity contribution in [3.8, 4) is 5.75 Å². The quantitative estimate of drug-likeness (QED) is 0.512. The molecule has 2 aliphatic carbocycles. The molecular weight excluding hydrogens is 429 g/mol. The van der Waals surface area contributed by atoms with Gasteiger partial charge in [-0.2, -0.15) is 0 Å². The van der Waals surface area contributed by atoms with Crippen LogP contribution in [0.3, 0.4) is 0 Å². The van der Waals surface area contributed by atoms with E-state index in [1.807, 2.05) is 18.2 Å². The number of methoxy groups -OCH3 is 1. The second-order valence-corrected chi connectivity index (χ2v) is 10.4. The molecule has 0 aromatic heterocycles. The molecule has 0 aliphatic heterocycles. The van der Waals surface area contributed by atoms with Crippen LogP contribution in [0.15, 0.2) is 42.5 Å². The molecule has 32 heavy (non-hydrogen) atoms. The molecule has 1 saturated carbocycles. The third-order valence-corrected chi connectivity index (χ3v) is 7.13. The highest BCUT2D eigenvalue weighted by Gasteiger charge is 2.38. The Bertz CT molecular complexity index is 992. The number of aryl methyl sites for hydroxylation is 1. The van der Waals surface area contributed by atoms with Gasteiger partial charge in [-0.15, -0.1) is 0 Å². The molecular formula is C24H32NO6P. The fourth-order valence-electron chi connectivity index (χ4n) is 4.90. The lowest BCUT2D eigenvalue weighted by Crippen LogP contribution is -2.41. The van der Waals surface area contributed by atoms with Gasteiger partial charge in [-0.1, -0.05) is 30.3 Å². The molecule has 1 fully saturated rings. The van der Waals surface area contributed by atoms with Crippen molar-refractivity contribution in [2.75, 3.05) is 13.7 Å². The first-order valence-corrected chi connectivity index (χ1v) is 12.6. The summed E-state index contributed by atoms with van der Waals surface area (Å²) in [7, 11) is -2.83. The second-order valence-electron chi connectivity index (χ2n) is 9.12. The molecule has 2 aromatic rings. The Morgan fingerprint density at radius 1 is 1.16 bits per heavy atom. The topological polar surface area (TPSA) is 111 Å². The molecule has 0 unspecified atom stereocenters. The average molecular weight is 461 g/mol. The minimum absolute atomic E-state index is 0.120. The number of rotatable bonds is 8. The van der Waals surface area contributed by atoms with Crippen LogP contribution in [0.1, 0.15) is 53.9 Å². The third kappa shape index (κ3) is 5.98. The van der Waals surface area contributed by atoms with E-state index in [2.05, 4.69) is 24.3 Å². The molecule has 174 valence electrons. The van der Waals surface area contributed by atoms with Gasteiger partial charge in [0.05, 0.1) is 26.4 Å². The van der Waals surface area contributed by atoms with E-state index in [0.29, 0.717) is 19.4 Å². The normalized spacial score (nSPS) is 25.5. The van der Waals surface area contributed by atoms with Gasteiger partial charge in [0, 0.05) is 5.54 Å². The summed E-state index contributed by atoms with van der Waals surface area (Å²) in [5.74, 6) is 1.13. The Hall–Kier alpha value is -1.73. The fourth-order valence-corrected chi connectivity index (χ4v) is 5.32. The summed E-state index contributed by atoms with van der Waals surface area (Å²) < 4.78 is 27.2. The largest absolute Gasteiger partial charge is 0.497 e. The Labute approximate surface area is 189 Å². The van der Waals surface area contributed by atoms with Crippen molar-refractivity contribution in [2.45, 2.75) is 62.7 Å². The monoisotopic (exact) mass is 461 g/mol. The van der Waals surface area contributed by atoms with Crippen molar-refractivity contribution >= 4 is 7.82 Å². The van der Waals surface area contributed by atoms with Crippen molar-refractivity contribution < 1.29 is 28.3 Å². The summed E-state index contributed by atoms with van der Waals surface area (Å²) in [6.45, 7) is 0.456. The van der Waals surface area contributed by atoms with Gasteiger partial charge < -0.3 is 25.0 Å². The van der Waals surface area contributed by atoms with Gasteiger partial charge >= 0.3 is 7.82 Å². The van der Waals surface area contributed by atoms with E-state index in [9.17, 15) is 4.57 Å². The summed E-state index contributed by atoms with van der Waals surface area (Å²) in [6.07, 6.45) is 5.32. The number of fused-ring (bicyclic) bond motifs is 1. The van der Waals surface area contributed by atoms with E-state index in [1.165, 1.54) is 16.7 Å². The number of phosphoric ester groups is 1. The maximum atomic E-state index is 11.0. The predicted molar refractivity (Wildman–Crippen MR) is 122 cm³/mol.